The maximum absolute atomic E-state index is 5.77. The summed E-state index contributed by atoms with van der Waals surface area (Å²) >= 11 is 0. The molecular weight excluding hydrogens is 200 g/mol. The Morgan fingerprint density at radius 3 is 2.94 bits per heavy atom. The summed E-state index contributed by atoms with van der Waals surface area (Å²) in [6, 6.07) is 0.705. The molecule has 94 valence electrons. The van der Waals surface area contributed by atoms with E-state index in [2.05, 4.69) is 24.1 Å². The minimum absolute atomic E-state index is 0.523. The van der Waals surface area contributed by atoms with Crippen LogP contribution in [0.1, 0.15) is 33.1 Å². The quantitative estimate of drug-likeness (QED) is 0.786. The fourth-order valence-electron chi connectivity index (χ4n) is 3.02. The molecule has 3 atom stereocenters. The first-order valence-electron chi connectivity index (χ1n) is 6.90. The van der Waals surface area contributed by atoms with Crippen molar-refractivity contribution in [2.24, 2.45) is 5.92 Å². The molecule has 2 saturated heterocycles. The van der Waals surface area contributed by atoms with E-state index in [4.69, 9.17) is 4.74 Å². The second kappa shape index (κ2) is 5.99. The van der Waals surface area contributed by atoms with Gasteiger partial charge in [-0.25, -0.2) is 0 Å². The highest BCUT2D eigenvalue weighted by molar-refractivity contribution is 4.83. The number of piperazine rings is 1. The molecule has 2 aliphatic heterocycles. The minimum atomic E-state index is 0.523. The van der Waals surface area contributed by atoms with Crippen LogP contribution >= 0.6 is 0 Å². The Morgan fingerprint density at radius 1 is 1.31 bits per heavy atom. The maximum atomic E-state index is 5.77. The fourth-order valence-corrected chi connectivity index (χ4v) is 3.02. The van der Waals surface area contributed by atoms with Gasteiger partial charge in [0.1, 0.15) is 0 Å². The van der Waals surface area contributed by atoms with Gasteiger partial charge in [-0.15, -0.1) is 0 Å². The molecule has 3 heteroatoms. The summed E-state index contributed by atoms with van der Waals surface area (Å²) in [5.41, 5.74) is 0. The molecule has 2 heterocycles. The first kappa shape index (κ1) is 12.3. The Hall–Kier alpha value is -0.120. The summed E-state index contributed by atoms with van der Waals surface area (Å²) in [5, 5.41) is 3.58. The van der Waals surface area contributed by atoms with Gasteiger partial charge in [-0.05, 0) is 25.2 Å². The van der Waals surface area contributed by atoms with Crippen molar-refractivity contribution in [3.63, 3.8) is 0 Å². The predicted molar refractivity (Wildman–Crippen MR) is 66.7 cm³/mol. The Kier molecular flexibility index (Phi) is 4.62. The summed E-state index contributed by atoms with van der Waals surface area (Å²) in [6.45, 7) is 10.3. The number of rotatable bonds is 4. The van der Waals surface area contributed by atoms with E-state index in [0.717, 1.165) is 19.1 Å². The van der Waals surface area contributed by atoms with E-state index in [1.807, 2.05) is 0 Å². The van der Waals surface area contributed by atoms with Crippen LogP contribution in [0, 0.1) is 5.92 Å². The fraction of sp³-hybridized carbons (Fsp3) is 1.00. The predicted octanol–water partition coefficient (Wildman–Crippen LogP) is 1.49. The summed E-state index contributed by atoms with van der Waals surface area (Å²) in [7, 11) is 0. The lowest BCUT2D eigenvalue weighted by Crippen LogP contribution is -2.51. The van der Waals surface area contributed by atoms with Crippen molar-refractivity contribution in [2.45, 2.75) is 45.3 Å². The lowest BCUT2D eigenvalue weighted by atomic mass is 9.98. The molecule has 0 aliphatic carbocycles. The van der Waals surface area contributed by atoms with Gasteiger partial charge in [-0.2, -0.15) is 0 Å². The van der Waals surface area contributed by atoms with E-state index in [0.29, 0.717) is 12.1 Å². The van der Waals surface area contributed by atoms with Crippen LogP contribution in [0.2, 0.25) is 0 Å². The molecule has 1 N–H and O–H groups in total. The molecule has 0 aromatic rings. The highest BCUT2D eigenvalue weighted by atomic mass is 16.5. The zero-order valence-electron chi connectivity index (χ0n) is 10.7. The summed E-state index contributed by atoms with van der Waals surface area (Å²) in [5.74, 6) is 0.778. The molecule has 16 heavy (non-hydrogen) atoms. The van der Waals surface area contributed by atoms with Crippen LogP contribution in [0.4, 0.5) is 0 Å². The standard InChI is InChI=1S/C13H26N2O/c1-3-12-10-15(7-6-14-12)9-11-5-8-16-13(11)4-2/h11-14H,3-10H2,1-2H3. The Labute approximate surface area is 99.5 Å². The molecule has 0 aromatic heterocycles. The summed E-state index contributed by atoms with van der Waals surface area (Å²) < 4.78 is 5.77. The summed E-state index contributed by atoms with van der Waals surface area (Å²) in [4.78, 5) is 2.63. The largest absolute Gasteiger partial charge is 0.378 e. The average molecular weight is 226 g/mol. The van der Waals surface area contributed by atoms with Crippen LogP contribution in [-0.4, -0.2) is 49.8 Å². The summed E-state index contributed by atoms with van der Waals surface area (Å²) in [6.07, 6.45) is 4.21. The van der Waals surface area contributed by atoms with Crippen LogP contribution in [0.5, 0.6) is 0 Å². The van der Waals surface area contributed by atoms with Crippen molar-refractivity contribution >= 4 is 0 Å². The number of nitrogens with zero attached hydrogens (tertiary/aromatic N) is 1. The van der Waals surface area contributed by atoms with E-state index in [1.165, 1.54) is 38.9 Å². The molecule has 0 bridgehead atoms. The van der Waals surface area contributed by atoms with Crippen LogP contribution < -0.4 is 5.32 Å². The van der Waals surface area contributed by atoms with Gasteiger partial charge in [-0.3, -0.25) is 0 Å². The molecule has 2 aliphatic rings. The molecular formula is C13H26N2O. The van der Waals surface area contributed by atoms with Gasteiger partial charge >= 0.3 is 0 Å². The molecule has 0 spiro atoms. The van der Waals surface area contributed by atoms with E-state index < -0.39 is 0 Å². The van der Waals surface area contributed by atoms with Gasteiger partial charge in [0.05, 0.1) is 6.10 Å². The van der Waals surface area contributed by atoms with Gasteiger partial charge < -0.3 is 15.0 Å². The van der Waals surface area contributed by atoms with Crippen molar-refractivity contribution in [2.75, 3.05) is 32.8 Å². The van der Waals surface area contributed by atoms with Crippen LogP contribution in [0.15, 0.2) is 0 Å². The Morgan fingerprint density at radius 2 is 2.19 bits per heavy atom. The van der Waals surface area contributed by atoms with E-state index in [9.17, 15) is 0 Å². The molecule has 2 fully saturated rings. The van der Waals surface area contributed by atoms with Gasteiger partial charge in [0, 0.05) is 38.8 Å². The second-order valence-corrected chi connectivity index (χ2v) is 5.19. The van der Waals surface area contributed by atoms with Gasteiger partial charge in [0.15, 0.2) is 0 Å². The number of nitrogens with one attached hydrogen (secondary N) is 1. The highest BCUT2D eigenvalue weighted by Crippen LogP contribution is 2.24. The first-order chi connectivity index (χ1) is 7.83. The van der Waals surface area contributed by atoms with Crippen molar-refractivity contribution in [3.8, 4) is 0 Å². The third-order valence-corrected chi connectivity index (χ3v) is 4.07. The lowest BCUT2D eigenvalue weighted by molar-refractivity contribution is 0.0703. The average Bonchev–Trinajstić information content (AvgIpc) is 2.76. The SMILES string of the molecule is CCC1CN(CC2CCOC2CC)CCN1. The van der Waals surface area contributed by atoms with Gasteiger partial charge in [0.25, 0.3) is 0 Å². The number of hydrogen-bond acceptors (Lipinski definition) is 3. The molecule has 2 rings (SSSR count). The minimum Gasteiger partial charge on any atom is -0.378 e. The normalized spacial score (nSPS) is 36.8. The van der Waals surface area contributed by atoms with Crippen molar-refractivity contribution in [3.05, 3.63) is 0 Å². The third-order valence-electron chi connectivity index (χ3n) is 4.07. The number of hydrogen-bond donors (Lipinski definition) is 1. The topological polar surface area (TPSA) is 24.5 Å². The Bertz CT molecular complexity index is 210. The smallest absolute Gasteiger partial charge is 0.0613 e. The Balaban J connectivity index is 1.79. The van der Waals surface area contributed by atoms with Crippen LogP contribution in [0.3, 0.4) is 0 Å². The highest BCUT2D eigenvalue weighted by Gasteiger charge is 2.29. The van der Waals surface area contributed by atoms with Crippen LogP contribution in [-0.2, 0) is 4.74 Å². The monoisotopic (exact) mass is 226 g/mol. The first-order valence-corrected chi connectivity index (χ1v) is 6.90. The molecule has 0 amide bonds. The van der Waals surface area contributed by atoms with Gasteiger partial charge in [0.2, 0.25) is 0 Å². The van der Waals surface area contributed by atoms with E-state index in [1.54, 1.807) is 0 Å². The van der Waals surface area contributed by atoms with E-state index in [-0.39, 0.29) is 0 Å². The number of ether oxygens (including phenoxy) is 1. The second-order valence-electron chi connectivity index (χ2n) is 5.19. The van der Waals surface area contributed by atoms with Crippen molar-refractivity contribution in [1.82, 2.24) is 10.2 Å². The zero-order chi connectivity index (χ0) is 11.4. The lowest BCUT2D eigenvalue weighted by Gasteiger charge is -2.35. The molecule has 0 saturated carbocycles. The zero-order valence-corrected chi connectivity index (χ0v) is 10.7. The van der Waals surface area contributed by atoms with Crippen LogP contribution in [0.25, 0.3) is 0 Å². The molecule has 3 nitrogen and oxygen atoms in total. The molecule has 3 unspecified atom stereocenters. The van der Waals surface area contributed by atoms with E-state index >= 15 is 0 Å². The molecule has 0 radical (unpaired) electrons. The maximum Gasteiger partial charge on any atom is 0.0613 e. The van der Waals surface area contributed by atoms with Gasteiger partial charge in [-0.1, -0.05) is 13.8 Å². The van der Waals surface area contributed by atoms with Crippen molar-refractivity contribution in [1.29, 1.82) is 0 Å². The molecule has 0 aromatic carbocycles. The third kappa shape index (κ3) is 2.96. The van der Waals surface area contributed by atoms with Crippen molar-refractivity contribution < 1.29 is 4.74 Å².